The summed E-state index contributed by atoms with van der Waals surface area (Å²) < 4.78 is 17.9. The zero-order chi connectivity index (χ0) is 24.2. The molecule has 3 aromatic rings. The van der Waals surface area contributed by atoms with E-state index in [1.165, 1.54) is 7.11 Å². The molecule has 4 rings (SSSR count). The zero-order valence-corrected chi connectivity index (χ0v) is 20.0. The molecule has 0 N–H and O–H groups in total. The molecule has 2 heterocycles. The minimum Gasteiger partial charge on any atom is -0.497 e. The van der Waals surface area contributed by atoms with Gasteiger partial charge in [0, 0.05) is 56.3 Å². The molecule has 0 bridgehead atoms. The van der Waals surface area contributed by atoms with Crippen molar-refractivity contribution in [1.29, 1.82) is 0 Å². The van der Waals surface area contributed by atoms with E-state index < -0.39 is 0 Å². The number of ether oxygens (including phenoxy) is 3. The minimum atomic E-state index is -0.187. The third kappa shape index (κ3) is 4.68. The summed E-state index contributed by atoms with van der Waals surface area (Å²) in [7, 11) is 4.61. The maximum absolute atomic E-state index is 13.3. The Kier molecular flexibility index (Phi) is 6.98. The Bertz CT molecular complexity index is 1170. The highest BCUT2D eigenvalue weighted by Gasteiger charge is 2.28. The van der Waals surface area contributed by atoms with Gasteiger partial charge in [-0.2, -0.15) is 0 Å². The third-order valence-corrected chi connectivity index (χ3v) is 6.14. The minimum absolute atomic E-state index is 0.138. The Labute approximate surface area is 203 Å². The fraction of sp³-hybridized carbons (Fsp3) is 0.280. The summed E-state index contributed by atoms with van der Waals surface area (Å²) in [4.78, 5) is 29.8. The fourth-order valence-electron chi connectivity index (χ4n) is 3.97. The highest BCUT2D eigenvalue weighted by molar-refractivity contribution is 6.33. The number of nitrogens with zero attached hydrogens (tertiary/aromatic N) is 3. The molecule has 1 fully saturated rings. The number of methoxy groups -OCH3 is 3. The molecule has 1 aliphatic rings. The lowest BCUT2D eigenvalue weighted by Crippen LogP contribution is -2.50. The molecule has 9 heteroatoms. The molecule has 0 spiro atoms. The monoisotopic (exact) mass is 483 g/mol. The van der Waals surface area contributed by atoms with Gasteiger partial charge < -0.3 is 28.6 Å². The van der Waals surface area contributed by atoms with E-state index in [1.807, 2.05) is 29.1 Å². The van der Waals surface area contributed by atoms with Gasteiger partial charge >= 0.3 is 0 Å². The van der Waals surface area contributed by atoms with Crippen LogP contribution in [0.25, 0.3) is 5.69 Å². The second kappa shape index (κ2) is 10.1. The van der Waals surface area contributed by atoms with Crippen LogP contribution in [0.5, 0.6) is 17.2 Å². The van der Waals surface area contributed by atoms with Crippen LogP contribution in [-0.4, -0.2) is 73.7 Å². The van der Waals surface area contributed by atoms with Crippen LogP contribution in [0.4, 0.5) is 0 Å². The number of benzene rings is 2. The van der Waals surface area contributed by atoms with Crippen LogP contribution >= 0.6 is 11.6 Å². The average molecular weight is 484 g/mol. The molecule has 2 amide bonds. The van der Waals surface area contributed by atoms with Crippen LogP contribution in [0.1, 0.15) is 20.7 Å². The Balaban J connectivity index is 1.48. The number of piperazine rings is 1. The molecular weight excluding hydrogens is 458 g/mol. The van der Waals surface area contributed by atoms with E-state index in [1.54, 1.807) is 54.4 Å². The Hall–Kier alpha value is -3.65. The zero-order valence-electron chi connectivity index (χ0n) is 19.3. The van der Waals surface area contributed by atoms with Crippen LogP contribution in [0, 0.1) is 0 Å². The second-order valence-corrected chi connectivity index (χ2v) is 8.19. The van der Waals surface area contributed by atoms with Crippen molar-refractivity contribution >= 4 is 23.4 Å². The van der Waals surface area contributed by atoms with Gasteiger partial charge in [0.2, 0.25) is 0 Å². The van der Waals surface area contributed by atoms with Crippen molar-refractivity contribution in [3.05, 3.63) is 71.0 Å². The predicted molar refractivity (Wildman–Crippen MR) is 129 cm³/mol. The fourth-order valence-corrected chi connectivity index (χ4v) is 4.23. The molecule has 1 aromatic heterocycles. The topological polar surface area (TPSA) is 73.2 Å². The number of rotatable bonds is 6. The second-order valence-electron chi connectivity index (χ2n) is 7.78. The highest BCUT2D eigenvalue weighted by Crippen LogP contribution is 2.31. The smallest absolute Gasteiger partial charge is 0.257 e. The molecule has 34 heavy (non-hydrogen) atoms. The average Bonchev–Trinajstić information content (AvgIpc) is 3.42. The lowest BCUT2D eigenvalue weighted by Gasteiger charge is -2.35. The summed E-state index contributed by atoms with van der Waals surface area (Å²) in [6.07, 6.45) is 3.74. The molecular formula is C25H26ClN3O5. The van der Waals surface area contributed by atoms with Gasteiger partial charge in [0.05, 0.1) is 37.6 Å². The quantitative estimate of drug-likeness (QED) is 0.534. The molecule has 0 saturated carbocycles. The summed E-state index contributed by atoms with van der Waals surface area (Å²) in [6, 6.07) is 12.3. The number of hydrogen-bond donors (Lipinski definition) is 0. The SMILES string of the molecule is COc1cc(OC)cc(C(=O)N2CCN(C(=O)c3cc(Cl)c(-n4cccc4)cc3OC)CC2)c1. The number of amides is 2. The van der Waals surface area contributed by atoms with Crippen molar-refractivity contribution in [1.82, 2.24) is 14.4 Å². The van der Waals surface area contributed by atoms with Gasteiger partial charge in [-0.1, -0.05) is 11.6 Å². The molecule has 8 nitrogen and oxygen atoms in total. The first-order valence-electron chi connectivity index (χ1n) is 10.8. The van der Waals surface area contributed by atoms with Gasteiger partial charge in [-0.05, 0) is 30.3 Å². The van der Waals surface area contributed by atoms with E-state index >= 15 is 0 Å². The Morgan fingerprint density at radius 1 is 0.765 bits per heavy atom. The number of aromatic nitrogens is 1. The van der Waals surface area contributed by atoms with Crippen LogP contribution in [0.15, 0.2) is 54.9 Å². The normalized spacial score (nSPS) is 13.5. The van der Waals surface area contributed by atoms with E-state index in [0.717, 1.165) is 5.69 Å². The lowest BCUT2D eigenvalue weighted by atomic mass is 10.1. The molecule has 1 saturated heterocycles. The van der Waals surface area contributed by atoms with Crippen LogP contribution in [0.3, 0.4) is 0 Å². The number of hydrogen-bond acceptors (Lipinski definition) is 5. The highest BCUT2D eigenvalue weighted by atomic mass is 35.5. The summed E-state index contributed by atoms with van der Waals surface area (Å²) in [5.74, 6) is 1.21. The van der Waals surface area contributed by atoms with E-state index in [4.69, 9.17) is 25.8 Å². The first kappa shape index (κ1) is 23.5. The number of carbonyl (C=O) groups excluding carboxylic acids is 2. The van der Waals surface area contributed by atoms with Crippen molar-refractivity contribution in [2.24, 2.45) is 0 Å². The summed E-state index contributed by atoms with van der Waals surface area (Å²) in [5, 5.41) is 0.445. The van der Waals surface area contributed by atoms with Gasteiger partial charge in [-0.25, -0.2) is 0 Å². The van der Waals surface area contributed by atoms with Crippen LogP contribution in [-0.2, 0) is 0 Å². The first-order chi connectivity index (χ1) is 16.4. The van der Waals surface area contributed by atoms with E-state index in [9.17, 15) is 9.59 Å². The largest absolute Gasteiger partial charge is 0.497 e. The molecule has 0 aliphatic carbocycles. The van der Waals surface area contributed by atoms with Crippen molar-refractivity contribution in [2.75, 3.05) is 47.5 Å². The van der Waals surface area contributed by atoms with Crippen molar-refractivity contribution < 1.29 is 23.8 Å². The van der Waals surface area contributed by atoms with E-state index in [-0.39, 0.29) is 11.8 Å². The Morgan fingerprint density at radius 3 is 1.85 bits per heavy atom. The van der Waals surface area contributed by atoms with Gasteiger partial charge in [0.1, 0.15) is 17.2 Å². The van der Waals surface area contributed by atoms with E-state index in [0.29, 0.717) is 59.6 Å². The molecule has 0 radical (unpaired) electrons. The standard InChI is InChI=1S/C25H26ClN3O5/c1-32-18-12-17(13-19(14-18)33-2)24(30)28-8-10-29(11-9-28)25(31)20-15-21(26)22(16-23(20)34-3)27-6-4-5-7-27/h4-7,12-16H,8-11H2,1-3H3. The maximum Gasteiger partial charge on any atom is 0.257 e. The third-order valence-electron chi connectivity index (χ3n) is 5.83. The van der Waals surface area contributed by atoms with Crippen molar-refractivity contribution in [2.45, 2.75) is 0 Å². The lowest BCUT2D eigenvalue weighted by molar-refractivity contribution is 0.0533. The number of carbonyl (C=O) groups is 2. The predicted octanol–water partition coefficient (Wildman–Crippen LogP) is 3.75. The van der Waals surface area contributed by atoms with Crippen LogP contribution < -0.4 is 14.2 Å². The summed E-state index contributed by atoms with van der Waals surface area (Å²) in [6.45, 7) is 1.60. The summed E-state index contributed by atoms with van der Waals surface area (Å²) >= 11 is 6.49. The van der Waals surface area contributed by atoms with Crippen molar-refractivity contribution in [3.63, 3.8) is 0 Å². The molecule has 1 aliphatic heterocycles. The van der Waals surface area contributed by atoms with Gasteiger partial charge in [0.15, 0.2) is 0 Å². The molecule has 178 valence electrons. The van der Waals surface area contributed by atoms with Crippen molar-refractivity contribution in [3.8, 4) is 22.9 Å². The van der Waals surface area contributed by atoms with Gasteiger partial charge in [-0.3, -0.25) is 9.59 Å². The Morgan fingerprint density at radius 2 is 1.32 bits per heavy atom. The number of halogens is 1. The molecule has 0 atom stereocenters. The van der Waals surface area contributed by atoms with Gasteiger partial charge in [-0.15, -0.1) is 0 Å². The van der Waals surface area contributed by atoms with E-state index in [2.05, 4.69) is 0 Å². The van der Waals surface area contributed by atoms with Gasteiger partial charge in [0.25, 0.3) is 11.8 Å². The summed E-state index contributed by atoms with van der Waals surface area (Å²) in [5.41, 5.74) is 1.59. The maximum atomic E-state index is 13.3. The molecule has 2 aromatic carbocycles. The molecule has 0 unspecified atom stereocenters. The first-order valence-corrected chi connectivity index (χ1v) is 11.2. The van der Waals surface area contributed by atoms with Crippen LogP contribution in [0.2, 0.25) is 5.02 Å².